The molecule has 0 unspecified atom stereocenters. The minimum Gasteiger partial charge on any atom is -0.396 e. The first-order valence-corrected chi connectivity index (χ1v) is 6.02. The first kappa shape index (κ1) is 12.4. The number of hydrogen-bond acceptors (Lipinski definition) is 2. The SMILES string of the molecule is OCCc1cnn(Cc2cccc(Cl)c2)c1Cl. The second-order valence-electron chi connectivity index (χ2n) is 3.72. The minimum atomic E-state index is 0.0720. The zero-order valence-electron chi connectivity index (χ0n) is 9.11. The van der Waals surface area contributed by atoms with Crippen molar-refractivity contribution in [1.29, 1.82) is 0 Å². The van der Waals surface area contributed by atoms with Gasteiger partial charge in [0.15, 0.2) is 0 Å². The van der Waals surface area contributed by atoms with Crippen molar-refractivity contribution in [2.45, 2.75) is 13.0 Å². The molecule has 1 aromatic heterocycles. The Bertz CT molecular complexity index is 511. The summed E-state index contributed by atoms with van der Waals surface area (Å²) in [6.07, 6.45) is 2.21. The molecule has 1 heterocycles. The molecule has 0 saturated heterocycles. The third-order valence-electron chi connectivity index (χ3n) is 2.45. The predicted molar refractivity (Wildman–Crippen MR) is 68.6 cm³/mol. The van der Waals surface area contributed by atoms with E-state index in [9.17, 15) is 0 Å². The Labute approximate surface area is 110 Å². The van der Waals surface area contributed by atoms with E-state index >= 15 is 0 Å². The van der Waals surface area contributed by atoms with Gasteiger partial charge in [0.1, 0.15) is 5.15 Å². The molecule has 2 rings (SSSR count). The molecule has 0 amide bonds. The lowest BCUT2D eigenvalue weighted by atomic mass is 10.2. The van der Waals surface area contributed by atoms with E-state index in [-0.39, 0.29) is 6.61 Å². The summed E-state index contributed by atoms with van der Waals surface area (Å²) < 4.78 is 1.69. The summed E-state index contributed by atoms with van der Waals surface area (Å²) in [7, 11) is 0. The van der Waals surface area contributed by atoms with E-state index in [0.29, 0.717) is 23.1 Å². The highest BCUT2D eigenvalue weighted by Gasteiger charge is 2.08. The molecule has 0 radical (unpaired) electrons. The Morgan fingerprint density at radius 1 is 1.29 bits per heavy atom. The van der Waals surface area contributed by atoms with Crippen molar-refractivity contribution in [2.24, 2.45) is 0 Å². The Balaban J connectivity index is 2.19. The second kappa shape index (κ2) is 5.54. The molecule has 90 valence electrons. The van der Waals surface area contributed by atoms with Crippen molar-refractivity contribution in [3.05, 3.63) is 51.8 Å². The van der Waals surface area contributed by atoms with Crippen LogP contribution in [0.15, 0.2) is 30.5 Å². The lowest BCUT2D eigenvalue weighted by molar-refractivity contribution is 0.299. The summed E-state index contributed by atoms with van der Waals surface area (Å²) >= 11 is 12.1. The van der Waals surface area contributed by atoms with Crippen molar-refractivity contribution >= 4 is 23.2 Å². The number of aliphatic hydroxyl groups excluding tert-OH is 1. The predicted octanol–water partition coefficient (Wildman–Crippen LogP) is 2.77. The molecule has 2 aromatic rings. The molecule has 3 nitrogen and oxygen atoms in total. The zero-order chi connectivity index (χ0) is 12.3. The Hall–Kier alpha value is -1.03. The summed E-state index contributed by atoms with van der Waals surface area (Å²) in [5.41, 5.74) is 1.90. The third-order valence-corrected chi connectivity index (χ3v) is 3.12. The van der Waals surface area contributed by atoms with Crippen molar-refractivity contribution in [1.82, 2.24) is 9.78 Å². The first-order valence-electron chi connectivity index (χ1n) is 5.26. The maximum Gasteiger partial charge on any atom is 0.130 e. The number of aliphatic hydroxyl groups is 1. The topological polar surface area (TPSA) is 38.1 Å². The van der Waals surface area contributed by atoms with Crippen LogP contribution in [0, 0.1) is 0 Å². The van der Waals surface area contributed by atoms with E-state index in [4.69, 9.17) is 28.3 Å². The van der Waals surface area contributed by atoms with Crippen LogP contribution in [-0.2, 0) is 13.0 Å². The van der Waals surface area contributed by atoms with Crippen LogP contribution >= 0.6 is 23.2 Å². The fourth-order valence-electron chi connectivity index (χ4n) is 1.62. The molecular weight excluding hydrogens is 259 g/mol. The molecule has 0 aliphatic heterocycles. The summed E-state index contributed by atoms with van der Waals surface area (Å²) in [5.74, 6) is 0. The van der Waals surface area contributed by atoms with E-state index in [2.05, 4.69) is 5.10 Å². The molecular formula is C12H12Cl2N2O. The van der Waals surface area contributed by atoms with Crippen LogP contribution in [0.3, 0.4) is 0 Å². The smallest absolute Gasteiger partial charge is 0.130 e. The second-order valence-corrected chi connectivity index (χ2v) is 4.52. The fourth-order valence-corrected chi connectivity index (χ4v) is 2.08. The number of aromatic nitrogens is 2. The summed E-state index contributed by atoms with van der Waals surface area (Å²) in [6, 6.07) is 7.57. The standard InChI is InChI=1S/C12H12Cl2N2O/c13-11-3-1-2-9(6-11)8-16-12(14)10(4-5-17)7-15-16/h1-3,6-7,17H,4-5,8H2. The van der Waals surface area contributed by atoms with Gasteiger partial charge in [0, 0.05) is 23.6 Å². The summed E-state index contributed by atoms with van der Waals surface area (Å²) in [4.78, 5) is 0. The van der Waals surface area contributed by atoms with Gasteiger partial charge in [-0.15, -0.1) is 0 Å². The van der Waals surface area contributed by atoms with Gasteiger partial charge in [-0.3, -0.25) is 0 Å². The third kappa shape index (κ3) is 3.00. The molecule has 0 saturated carbocycles. The van der Waals surface area contributed by atoms with Gasteiger partial charge in [-0.2, -0.15) is 5.10 Å². The van der Waals surface area contributed by atoms with Crippen LogP contribution in [0.4, 0.5) is 0 Å². The van der Waals surface area contributed by atoms with Gasteiger partial charge in [0.25, 0.3) is 0 Å². The van der Waals surface area contributed by atoms with E-state index in [1.54, 1.807) is 10.9 Å². The van der Waals surface area contributed by atoms with Gasteiger partial charge in [-0.25, -0.2) is 4.68 Å². The summed E-state index contributed by atoms with van der Waals surface area (Å²) in [6.45, 7) is 0.646. The van der Waals surface area contributed by atoms with Crippen molar-refractivity contribution < 1.29 is 5.11 Å². The molecule has 0 aliphatic carbocycles. The minimum absolute atomic E-state index is 0.0720. The molecule has 0 spiro atoms. The highest BCUT2D eigenvalue weighted by Crippen LogP contribution is 2.18. The molecule has 5 heteroatoms. The lowest BCUT2D eigenvalue weighted by Crippen LogP contribution is -2.02. The maximum atomic E-state index is 8.87. The average Bonchev–Trinajstić information content (AvgIpc) is 2.62. The van der Waals surface area contributed by atoms with Gasteiger partial charge >= 0.3 is 0 Å². The molecule has 1 aromatic carbocycles. The number of hydrogen-bond donors (Lipinski definition) is 1. The van der Waals surface area contributed by atoms with Gasteiger partial charge in [0.2, 0.25) is 0 Å². The number of benzene rings is 1. The summed E-state index contributed by atoms with van der Waals surface area (Å²) in [5, 5.41) is 14.3. The molecule has 0 bridgehead atoms. The Morgan fingerprint density at radius 2 is 2.12 bits per heavy atom. The van der Waals surface area contributed by atoms with E-state index < -0.39 is 0 Å². The zero-order valence-corrected chi connectivity index (χ0v) is 10.6. The average molecular weight is 271 g/mol. The van der Waals surface area contributed by atoms with E-state index in [0.717, 1.165) is 11.1 Å². The van der Waals surface area contributed by atoms with Crippen LogP contribution in [0.1, 0.15) is 11.1 Å². The van der Waals surface area contributed by atoms with Crippen molar-refractivity contribution in [3.63, 3.8) is 0 Å². The van der Waals surface area contributed by atoms with Crippen LogP contribution in [0.5, 0.6) is 0 Å². The van der Waals surface area contributed by atoms with Crippen LogP contribution in [0.25, 0.3) is 0 Å². The van der Waals surface area contributed by atoms with E-state index in [1.165, 1.54) is 0 Å². The molecule has 1 N–H and O–H groups in total. The molecule has 0 atom stereocenters. The fraction of sp³-hybridized carbons (Fsp3) is 0.250. The van der Waals surface area contributed by atoms with Crippen molar-refractivity contribution in [2.75, 3.05) is 6.61 Å². The van der Waals surface area contributed by atoms with Gasteiger partial charge in [-0.05, 0) is 17.7 Å². The van der Waals surface area contributed by atoms with Gasteiger partial charge in [0.05, 0.1) is 12.7 Å². The van der Waals surface area contributed by atoms with Crippen LogP contribution < -0.4 is 0 Å². The highest BCUT2D eigenvalue weighted by atomic mass is 35.5. The molecule has 0 fully saturated rings. The van der Waals surface area contributed by atoms with E-state index in [1.807, 2.05) is 24.3 Å². The quantitative estimate of drug-likeness (QED) is 0.928. The van der Waals surface area contributed by atoms with Crippen molar-refractivity contribution in [3.8, 4) is 0 Å². The van der Waals surface area contributed by atoms with Crippen LogP contribution in [-0.4, -0.2) is 21.5 Å². The normalized spacial score (nSPS) is 10.8. The Morgan fingerprint density at radius 3 is 2.82 bits per heavy atom. The van der Waals surface area contributed by atoms with Gasteiger partial charge < -0.3 is 5.11 Å². The lowest BCUT2D eigenvalue weighted by Gasteiger charge is -2.04. The molecule has 17 heavy (non-hydrogen) atoms. The monoisotopic (exact) mass is 270 g/mol. The molecule has 0 aliphatic rings. The number of rotatable bonds is 4. The first-order chi connectivity index (χ1) is 8.20. The van der Waals surface area contributed by atoms with Crippen LogP contribution in [0.2, 0.25) is 10.2 Å². The maximum absolute atomic E-state index is 8.87. The highest BCUT2D eigenvalue weighted by molar-refractivity contribution is 6.30. The number of nitrogens with zero attached hydrogens (tertiary/aromatic N) is 2. The number of halogens is 2. The Kier molecular flexibility index (Phi) is 4.05. The largest absolute Gasteiger partial charge is 0.396 e. The van der Waals surface area contributed by atoms with Gasteiger partial charge in [-0.1, -0.05) is 35.3 Å².